The molecule has 0 spiro atoms. The first kappa shape index (κ1) is 28.6. The van der Waals surface area contributed by atoms with Crippen LogP contribution in [-0.2, 0) is 20.5 Å². The number of hydrogen-bond acceptors (Lipinski definition) is 6. The molecule has 1 saturated carbocycles. The van der Waals surface area contributed by atoms with Crippen molar-refractivity contribution in [3.05, 3.63) is 54.1 Å². The maximum atomic E-state index is 12.8. The molecule has 2 rings (SSSR count). The number of benzene rings is 1. The zero-order chi connectivity index (χ0) is 26.0. The molecule has 1 unspecified atom stereocenters. The smallest absolute Gasteiger partial charge is 0.416 e. The largest absolute Gasteiger partial charge is 0.493 e. The Bertz CT molecular complexity index is 893. The van der Waals surface area contributed by atoms with Crippen molar-refractivity contribution in [1.29, 1.82) is 0 Å². The first-order valence-electron chi connectivity index (χ1n) is 11.7. The molecule has 35 heavy (non-hydrogen) atoms. The number of esters is 1. The SMILES string of the molecule is CC(C)OC(=O)C(O)CC/C=C/C[C@H]1C(=O)C[C@@H](O)[C@@H]1/C=C/CCOc1cccc(C(F)(F)F)c1. The Morgan fingerprint density at radius 2 is 1.94 bits per heavy atom. The molecular formula is C26H33F3O6. The summed E-state index contributed by atoms with van der Waals surface area (Å²) in [6.07, 6.45) is 1.89. The van der Waals surface area contributed by atoms with Crippen molar-refractivity contribution in [2.45, 2.75) is 70.4 Å². The molecule has 0 aromatic heterocycles. The monoisotopic (exact) mass is 498 g/mol. The van der Waals surface area contributed by atoms with E-state index in [4.69, 9.17) is 9.47 Å². The first-order valence-corrected chi connectivity index (χ1v) is 11.7. The third-order valence-electron chi connectivity index (χ3n) is 5.59. The molecule has 1 aromatic carbocycles. The Morgan fingerprint density at radius 3 is 2.63 bits per heavy atom. The molecule has 1 aliphatic carbocycles. The maximum absolute atomic E-state index is 12.8. The van der Waals surface area contributed by atoms with Crippen LogP contribution < -0.4 is 4.74 Å². The molecule has 1 aromatic rings. The molecule has 0 saturated heterocycles. The lowest BCUT2D eigenvalue weighted by atomic mass is 9.90. The molecule has 1 fully saturated rings. The lowest BCUT2D eigenvalue weighted by Crippen LogP contribution is -2.25. The van der Waals surface area contributed by atoms with E-state index in [2.05, 4.69) is 0 Å². The number of alkyl halides is 3. The van der Waals surface area contributed by atoms with Gasteiger partial charge in [0.2, 0.25) is 0 Å². The van der Waals surface area contributed by atoms with E-state index in [1.54, 1.807) is 38.2 Å². The average Bonchev–Trinajstić information content (AvgIpc) is 3.04. The van der Waals surface area contributed by atoms with Crippen molar-refractivity contribution < 1.29 is 42.4 Å². The summed E-state index contributed by atoms with van der Waals surface area (Å²) in [7, 11) is 0. The topological polar surface area (TPSA) is 93.1 Å². The number of Topliss-reactive ketones (excluding diaryl/α,β-unsaturated/α-hetero) is 1. The highest BCUT2D eigenvalue weighted by Gasteiger charge is 2.39. The number of ether oxygens (including phenoxy) is 2. The van der Waals surface area contributed by atoms with Crippen LogP contribution in [0.2, 0.25) is 0 Å². The second kappa shape index (κ2) is 13.4. The number of rotatable bonds is 12. The van der Waals surface area contributed by atoms with Crippen molar-refractivity contribution in [1.82, 2.24) is 0 Å². The Morgan fingerprint density at radius 1 is 1.20 bits per heavy atom. The van der Waals surface area contributed by atoms with Crippen LogP contribution in [0.25, 0.3) is 0 Å². The third-order valence-corrected chi connectivity index (χ3v) is 5.59. The summed E-state index contributed by atoms with van der Waals surface area (Å²) in [5.41, 5.74) is -0.779. The van der Waals surface area contributed by atoms with E-state index >= 15 is 0 Å². The van der Waals surface area contributed by atoms with Gasteiger partial charge >= 0.3 is 12.1 Å². The normalized spacial score (nSPS) is 21.8. The van der Waals surface area contributed by atoms with Gasteiger partial charge in [0.15, 0.2) is 6.10 Å². The van der Waals surface area contributed by atoms with Crippen molar-refractivity contribution >= 4 is 11.8 Å². The maximum Gasteiger partial charge on any atom is 0.416 e. The quantitative estimate of drug-likeness (QED) is 0.248. The summed E-state index contributed by atoms with van der Waals surface area (Å²) in [6, 6.07) is 4.65. The molecule has 2 N–H and O–H groups in total. The fraction of sp³-hybridized carbons (Fsp3) is 0.538. The van der Waals surface area contributed by atoms with Crippen LogP contribution in [0.5, 0.6) is 5.75 Å². The van der Waals surface area contributed by atoms with Gasteiger partial charge in [-0.3, -0.25) is 4.79 Å². The molecule has 0 bridgehead atoms. The van der Waals surface area contributed by atoms with E-state index in [-0.39, 0.29) is 43.0 Å². The molecular weight excluding hydrogens is 465 g/mol. The van der Waals surface area contributed by atoms with Crippen molar-refractivity contribution in [3.63, 3.8) is 0 Å². The van der Waals surface area contributed by atoms with Crippen LogP contribution in [0.3, 0.4) is 0 Å². The summed E-state index contributed by atoms with van der Waals surface area (Å²) in [5.74, 6) is -1.35. The van der Waals surface area contributed by atoms with Gasteiger partial charge in [-0.1, -0.05) is 30.4 Å². The summed E-state index contributed by atoms with van der Waals surface area (Å²) < 4.78 is 48.7. The van der Waals surface area contributed by atoms with Crippen molar-refractivity contribution in [2.24, 2.45) is 11.8 Å². The molecule has 9 heteroatoms. The van der Waals surface area contributed by atoms with Crippen LogP contribution in [0.15, 0.2) is 48.6 Å². The highest BCUT2D eigenvalue weighted by Crippen LogP contribution is 2.34. The van der Waals surface area contributed by atoms with Crippen molar-refractivity contribution in [2.75, 3.05) is 6.61 Å². The fourth-order valence-electron chi connectivity index (χ4n) is 3.83. The standard InChI is InChI=1S/C26H33F3O6/c1-17(2)35-25(33)22(30)13-5-3-4-11-20-21(24(32)16-23(20)31)12-6-7-14-34-19-10-8-9-18(15-19)26(27,28)29/h3-4,6,8-10,12,15,17,20-22,24,30,32H,5,7,11,13-14,16H2,1-2H3/b4-3+,12-6+/t20-,21-,22?,24-/m1/s1. The Kier molecular flexibility index (Phi) is 11.0. The van der Waals surface area contributed by atoms with Crippen molar-refractivity contribution in [3.8, 4) is 5.75 Å². The molecule has 1 aliphatic rings. The minimum absolute atomic E-state index is 0.0439. The van der Waals surface area contributed by atoms with Gasteiger partial charge in [0.25, 0.3) is 0 Å². The number of hydrogen-bond donors (Lipinski definition) is 2. The van der Waals surface area contributed by atoms with Gasteiger partial charge in [0.1, 0.15) is 11.5 Å². The Hall–Kier alpha value is -2.65. The minimum atomic E-state index is -4.44. The van der Waals surface area contributed by atoms with Crippen LogP contribution in [0.1, 0.15) is 51.5 Å². The zero-order valence-electron chi connectivity index (χ0n) is 19.9. The van der Waals surface area contributed by atoms with Gasteiger partial charge in [0.05, 0.1) is 24.4 Å². The summed E-state index contributed by atoms with van der Waals surface area (Å²) in [5, 5.41) is 20.1. The van der Waals surface area contributed by atoms with E-state index < -0.39 is 35.8 Å². The molecule has 194 valence electrons. The molecule has 0 aliphatic heterocycles. The molecule has 0 radical (unpaired) electrons. The number of carbonyl (C=O) groups excluding carboxylic acids is 2. The lowest BCUT2D eigenvalue weighted by Gasteiger charge is -2.16. The zero-order valence-corrected chi connectivity index (χ0v) is 19.9. The van der Waals surface area contributed by atoms with E-state index in [1.165, 1.54) is 12.1 Å². The van der Waals surface area contributed by atoms with Crippen LogP contribution >= 0.6 is 0 Å². The van der Waals surface area contributed by atoms with E-state index in [0.717, 1.165) is 12.1 Å². The third kappa shape index (κ3) is 9.49. The highest BCUT2D eigenvalue weighted by molar-refractivity contribution is 5.84. The average molecular weight is 499 g/mol. The second-order valence-electron chi connectivity index (χ2n) is 8.80. The van der Waals surface area contributed by atoms with E-state index in [0.29, 0.717) is 19.3 Å². The number of aliphatic hydroxyl groups is 2. The molecule has 6 nitrogen and oxygen atoms in total. The fourth-order valence-corrected chi connectivity index (χ4v) is 3.83. The van der Waals surface area contributed by atoms with Crippen LogP contribution in [0, 0.1) is 11.8 Å². The molecule has 4 atom stereocenters. The van der Waals surface area contributed by atoms with Crippen LogP contribution in [-0.4, -0.2) is 46.9 Å². The minimum Gasteiger partial charge on any atom is -0.493 e. The number of ketones is 1. The summed E-state index contributed by atoms with van der Waals surface area (Å²) in [6.45, 7) is 3.55. The number of allylic oxidation sites excluding steroid dienone is 2. The van der Waals surface area contributed by atoms with Gasteiger partial charge in [-0.25, -0.2) is 4.79 Å². The lowest BCUT2D eigenvalue weighted by molar-refractivity contribution is -0.157. The Labute approximate surface area is 203 Å². The van der Waals surface area contributed by atoms with Gasteiger partial charge in [-0.2, -0.15) is 13.2 Å². The molecule has 0 amide bonds. The first-order chi connectivity index (χ1) is 16.5. The number of carbonyl (C=O) groups is 2. The van der Waals surface area contributed by atoms with Gasteiger partial charge in [0, 0.05) is 18.3 Å². The number of aliphatic hydroxyl groups excluding tert-OH is 2. The van der Waals surface area contributed by atoms with Gasteiger partial charge in [-0.15, -0.1) is 0 Å². The van der Waals surface area contributed by atoms with Crippen LogP contribution in [0.4, 0.5) is 13.2 Å². The number of halogens is 3. The summed E-state index contributed by atoms with van der Waals surface area (Å²) in [4.78, 5) is 23.9. The van der Waals surface area contributed by atoms with E-state index in [1.807, 2.05) is 0 Å². The van der Waals surface area contributed by atoms with Gasteiger partial charge in [-0.05, 0) is 57.7 Å². The predicted molar refractivity (Wildman–Crippen MR) is 124 cm³/mol. The van der Waals surface area contributed by atoms with E-state index in [9.17, 15) is 33.0 Å². The molecule has 0 heterocycles. The Balaban J connectivity index is 1.79. The summed E-state index contributed by atoms with van der Waals surface area (Å²) >= 11 is 0. The van der Waals surface area contributed by atoms with Gasteiger partial charge < -0.3 is 19.7 Å². The second-order valence-corrected chi connectivity index (χ2v) is 8.80. The predicted octanol–water partition coefficient (Wildman–Crippen LogP) is 4.64. The highest BCUT2D eigenvalue weighted by atomic mass is 19.4.